The number of hydrogen-bond acceptors (Lipinski definition) is 4. The van der Waals surface area contributed by atoms with Gasteiger partial charge in [-0.25, -0.2) is 0 Å². The van der Waals surface area contributed by atoms with Crippen LogP contribution in [-0.2, 0) is 11.3 Å². The summed E-state index contributed by atoms with van der Waals surface area (Å²) >= 11 is 5.88. The van der Waals surface area contributed by atoms with Gasteiger partial charge in [-0.15, -0.1) is 0 Å². The first-order valence-electron chi connectivity index (χ1n) is 5.54. The molecule has 0 atom stereocenters. The van der Waals surface area contributed by atoms with E-state index in [4.69, 9.17) is 16.1 Å². The summed E-state index contributed by atoms with van der Waals surface area (Å²) in [5.74, 6) is 0.766. The molecular weight excluding hydrogens is 254 g/mol. The van der Waals surface area contributed by atoms with E-state index in [0.717, 1.165) is 5.56 Å². The first-order chi connectivity index (χ1) is 8.69. The smallest absolute Gasteiger partial charge is 0.246 e. The molecule has 18 heavy (non-hydrogen) atoms. The van der Waals surface area contributed by atoms with Gasteiger partial charge in [-0.1, -0.05) is 35.8 Å². The van der Waals surface area contributed by atoms with Crippen LogP contribution >= 0.6 is 11.6 Å². The molecule has 2 rings (SSSR count). The van der Waals surface area contributed by atoms with E-state index in [-0.39, 0.29) is 12.5 Å². The number of halogens is 1. The topological polar surface area (TPSA) is 68.0 Å². The maximum absolute atomic E-state index is 11.1. The molecule has 6 heteroatoms. The number of nitrogens with one attached hydrogen (secondary N) is 1. The van der Waals surface area contributed by atoms with Crippen molar-refractivity contribution in [1.82, 2.24) is 15.5 Å². The van der Waals surface area contributed by atoms with E-state index in [1.165, 1.54) is 0 Å². The Labute approximate surface area is 109 Å². The lowest BCUT2D eigenvalue weighted by molar-refractivity contribution is -0.121. The molecule has 0 fully saturated rings. The quantitative estimate of drug-likeness (QED) is 0.922. The summed E-state index contributed by atoms with van der Waals surface area (Å²) in [5, 5.41) is 7.11. The van der Waals surface area contributed by atoms with E-state index < -0.39 is 0 Å². The standard InChI is InChI=1S/C12H12ClN3O2/c1-2-10(17)14-7-11-15-12(16-18-11)8-4-3-5-9(13)6-8/h3-6H,2,7H2,1H3,(H,14,17). The summed E-state index contributed by atoms with van der Waals surface area (Å²) in [6, 6.07) is 7.17. The molecule has 1 aromatic carbocycles. The second-order valence-corrected chi connectivity index (χ2v) is 4.09. The van der Waals surface area contributed by atoms with Gasteiger partial charge in [-0.3, -0.25) is 4.79 Å². The van der Waals surface area contributed by atoms with Crippen LogP contribution < -0.4 is 5.32 Å². The molecule has 0 bridgehead atoms. The van der Waals surface area contributed by atoms with E-state index in [0.29, 0.717) is 23.2 Å². The lowest BCUT2D eigenvalue weighted by atomic mass is 10.2. The SMILES string of the molecule is CCC(=O)NCc1nc(-c2cccc(Cl)c2)no1. The number of aromatic nitrogens is 2. The van der Waals surface area contributed by atoms with Gasteiger partial charge in [-0.05, 0) is 12.1 Å². The Morgan fingerprint density at radius 1 is 1.50 bits per heavy atom. The Balaban J connectivity index is 2.08. The van der Waals surface area contributed by atoms with Gasteiger partial charge in [0.2, 0.25) is 17.6 Å². The van der Waals surface area contributed by atoms with Gasteiger partial charge in [0.25, 0.3) is 0 Å². The van der Waals surface area contributed by atoms with Gasteiger partial charge < -0.3 is 9.84 Å². The minimum atomic E-state index is -0.0579. The molecule has 0 saturated heterocycles. The van der Waals surface area contributed by atoms with Crippen molar-refractivity contribution in [2.24, 2.45) is 0 Å². The minimum absolute atomic E-state index is 0.0579. The first-order valence-corrected chi connectivity index (χ1v) is 5.92. The molecule has 0 spiro atoms. The highest BCUT2D eigenvalue weighted by molar-refractivity contribution is 6.30. The van der Waals surface area contributed by atoms with Crippen molar-refractivity contribution in [3.05, 3.63) is 35.2 Å². The van der Waals surface area contributed by atoms with E-state index >= 15 is 0 Å². The lowest BCUT2D eigenvalue weighted by Crippen LogP contribution is -2.21. The second-order valence-electron chi connectivity index (χ2n) is 3.65. The van der Waals surface area contributed by atoms with Gasteiger partial charge in [0.15, 0.2) is 0 Å². The maximum Gasteiger partial charge on any atom is 0.246 e. The molecule has 0 radical (unpaired) electrons. The molecule has 0 aliphatic heterocycles. The van der Waals surface area contributed by atoms with Gasteiger partial charge >= 0.3 is 0 Å². The predicted octanol–water partition coefficient (Wildman–Crippen LogP) is 2.42. The number of nitrogens with zero attached hydrogens (tertiary/aromatic N) is 2. The van der Waals surface area contributed by atoms with Gasteiger partial charge in [0, 0.05) is 17.0 Å². The number of hydrogen-bond donors (Lipinski definition) is 1. The molecular formula is C12H12ClN3O2. The first kappa shape index (κ1) is 12.6. The number of benzene rings is 1. The van der Waals surface area contributed by atoms with E-state index in [9.17, 15) is 4.79 Å². The highest BCUT2D eigenvalue weighted by atomic mass is 35.5. The summed E-state index contributed by atoms with van der Waals surface area (Å²) in [6.45, 7) is 2.01. The van der Waals surface area contributed by atoms with Gasteiger partial charge in [-0.2, -0.15) is 4.98 Å². The number of carbonyl (C=O) groups is 1. The van der Waals surface area contributed by atoms with Crippen LogP contribution in [0.3, 0.4) is 0 Å². The Morgan fingerprint density at radius 3 is 3.06 bits per heavy atom. The molecule has 1 heterocycles. The third-order valence-electron chi connectivity index (χ3n) is 2.31. The zero-order valence-electron chi connectivity index (χ0n) is 9.81. The van der Waals surface area contributed by atoms with Crippen LogP contribution in [0, 0.1) is 0 Å². The average molecular weight is 266 g/mol. The van der Waals surface area contributed by atoms with E-state index in [1.807, 2.05) is 12.1 Å². The Morgan fingerprint density at radius 2 is 2.33 bits per heavy atom. The number of rotatable bonds is 4. The molecule has 1 amide bonds. The molecule has 0 aliphatic carbocycles. The normalized spacial score (nSPS) is 10.3. The predicted molar refractivity (Wildman–Crippen MR) is 66.9 cm³/mol. The van der Waals surface area contributed by atoms with Crippen LogP contribution in [0.4, 0.5) is 0 Å². The van der Waals surface area contributed by atoms with Crippen molar-refractivity contribution in [2.75, 3.05) is 0 Å². The van der Waals surface area contributed by atoms with Crippen LogP contribution in [-0.4, -0.2) is 16.0 Å². The van der Waals surface area contributed by atoms with Crippen molar-refractivity contribution in [3.63, 3.8) is 0 Å². The third-order valence-corrected chi connectivity index (χ3v) is 2.54. The summed E-state index contributed by atoms with van der Waals surface area (Å²) in [6.07, 6.45) is 0.426. The Kier molecular flexibility index (Phi) is 3.94. The molecule has 94 valence electrons. The zero-order valence-corrected chi connectivity index (χ0v) is 10.6. The highest BCUT2D eigenvalue weighted by Crippen LogP contribution is 2.19. The van der Waals surface area contributed by atoms with Crippen LogP contribution in [0.2, 0.25) is 5.02 Å². The van der Waals surface area contributed by atoms with Crippen molar-refractivity contribution >= 4 is 17.5 Å². The molecule has 2 aromatic rings. The Hall–Kier alpha value is -1.88. The van der Waals surface area contributed by atoms with Crippen molar-refractivity contribution in [1.29, 1.82) is 0 Å². The fourth-order valence-electron chi connectivity index (χ4n) is 1.37. The van der Waals surface area contributed by atoms with Crippen LogP contribution in [0.15, 0.2) is 28.8 Å². The summed E-state index contributed by atoms with van der Waals surface area (Å²) in [7, 11) is 0. The fraction of sp³-hybridized carbons (Fsp3) is 0.250. The zero-order chi connectivity index (χ0) is 13.0. The van der Waals surface area contributed by atoms with Crippen molar-refractivity contribution in [2.45, 2.75) is 19.9 Å². The van der Waals surface area contributed by atoms with Crippen molar-refractivity contribution in [3.8, 4) is 11.4 Å². The maximum atomic E-state index is 11.1. The summed E-state index contributed by atoms with van der Waals surface area (Å²) in [4.78, 5) is 15.3. The number of amides is 1. The van der Waals surface area contributed by atoms with Crippen LogP contribution in [0.1, 0.15) is 19.2 Å². The molecule has 1 N–H and O–H groups in total. The molecule has 5 nitrogen and oxygen atoms in total. The molecule has 1 aromatic heterocycles. The van der Waals surface area contributed by atoms with Crippen LogP contribution in [0.5, 0.6) is 0 Å². The monoisotopic (exact) mass is 265 g/mol. The molecule has 0 unspecified atom stereocenters. The Bertz CT molecular complexity index is 554. The second kappa shape index (κ2) is 5.64. The van der Waals surface area contributed by atoms with E-state index in [1.54, 1.807) is 19.1 Å². The van der Waals surface area contributed by atoms with E-state index in [2.05, 4.69) is 15.5 Å². The number of carbonyl (C=O) groups excluding carboxylic acids is 1. The third kappa shape index (κ3) is 3.07. The fourth-order valence-corrected chi connectivity index (χ4v) is 1.56. The molecule has 0 saturated carbocycles. The summed E-state index contributed by atoms with van der Waals surface area (Å²) < 4.78 is 5.03. The summed E-state index contributed by atoms with van der Waals surface area (Å²) in [5.41, 5.74) is 0.777. The van der Waals surface area contributed by atoms with Gasteiger partial charge in [0.05, 0.1) is 6.54 Å². The van der Waals surface area contributed by atoms with Crippen molar-refractivity contribution < 1.29 is 9.32 Å². The highest BCUT2D eigenvalue weighted by Gasteiger charge is 2.09. The van der Waals surface area contributed by atoms with Gasteiger partial charge in [0.1, 0.15) is 0 Å². The average Bonchev–Trinajstić information content (AvgIpc) is 2.84. The molecule has 0 aliphatic rings. The largest absolute Gasteiger partial charge is 0.347 e. The lowest BCUT2D eigenvalue weighted by Gasteiger charge is -1.97. The van der Waals surface area contributed by atoms with Crippen LogP contribution in [0.25, 0.3) is 11.4 Å². The minimum Gasteiger partial charge on any atom is -0.347 e.